The molecule has 0 fully saturated rings. The third kappa shape index (κ3) is 4.07. The minimum absolute atomic E-state index is 0.0695. The second-order valence-electron chi connectivity index (χ2n) is 5.44. The molecule has 0 aliphatic heterocycles. The Kier molecular flexibility index (Phi) is 5.80. The van der Waals surface area contributed by atoms with Crippen molar-refractivity contribution in [2.24, 2.45) is 0 Å². The maximum Gasteiger partial charge on any atom is 0.0550 e. The molecule has 0 aliphatic rings. The van der Waals surface area contributed by atoms with Crippen LogP contribution in [0.4, 0.5) is 0 Å². The molecule has 2 aromatic carbocycles. The van der Waals surface area contributed by atoms with Crippen molar-refractivity contribution in [2.45, 2.75) is 24.7 Å². The highest BCUT2D eigenvalue weighted by atomic mass is 35.5. The molecule has 2 nitrogen and oxygen atoms in total. The monoisotopic (exact) mass is 304 g/mol. The summed E-state index contributed by atoms with van der Waals surface area (Å²) in [6.07, 6.45) is 2.58. The molecular weight excluding hydrogens is 284 g/mol. The average Bonchev–Trinajstić information content (AvgIpc) is 2.54. The first kappa shape index (κ1) is 16.0. The highest BCUT2D eigenvalue weighted by Gasteiger charge is 2.30. The molecule has 0 amide bonds. The van der Waals surface area contributed by atoms with Gasteiger partial charge in [-0.15, -0.1) is 0 Å². The van der Waals surface area contributed by atoms with Gasteiger partial charge in [0.05, 0.1) is 13.2 Å². The normalized spacial score (nSPS) is 11.6. The summed E-state index contributed by atoms with van der Waals surface area (Å²) >= 11 is 5.91. The molecule has 3 heteroatoms. The van der Waals surface area contributed by atoms with Crippen molar-refractivity contribution in [1.82, 2.24) is 0 Å². The van der Waals surface area contributed by atoms with Gasteiger partial charge in [-0.05, 0) is 42.5 Å². The molecule has 2 rings (SSSR count). The smallest absolute Gasteiger partial charge is 0.0550 e. The number of hydrogen-bond acceptors (Lipinski definition) is 2. The second-order valence-corrected chi connectivity index (χ2v) is 5.88. The Hall–Kier alpha value is -1.35. The Morgan fingerprint density at radius 2 is 1.48 bits per heavy atom. The molecule has 2 N–H and O–H groups in total. The molecule has 0 radical (unpaired) electrons. The Morgan fingerprint density at radius 1 is 0.857 bits per heavy atom. The van der Waals surface area contributed by atoms with Crippen molar-refractivity contribution >= 4 is 11.6 Å². The van der Waals surface area contributed by atoms with E-state index in [1.54, 1.807) is 12.1 Å². The molecule has 0 saturated carbocycles. The van der Waals surface area contributed by atoms with E-state index in [0.717, 1.165) is 24.8 Å². The van der Waals surface area contributed by atoms with Crippen LogP contribution in [0, 0.1) is 0 Å². The molecule has 0 spiro atoms. The van der Waals surface area contributed by atoms with Crippen molar-refractivity contribution in [1.29, 1.82) is 0 Å². The number of rotatable bonds is 7. The Balaban J connectivity index is 2.06. The van der Waals surface area contributed by atoms with Gasteiger partial charge < -0.3 is 10.2 Å². The van der Waals surface area contributed by atoms with Gasteiger partial charge in [-0.25, -0.2) is 0 Å². The molecule has 112 valence electrons. The van der Waals surface area contributed by atoms with E-state index in [1.807, 2.05) is 30.3 Å². The van der Waals surface area contributed by atoms with Gasteiger partial charge in [0, 0.05) is 10.4 Å². The van der Waals surface area contributed by atoms with Crippen LogP contribution < -0.4 is 0 Å². The standard InChI is InChI=1S/C18H21ClO2/c19-17-10-8-16(9-11-17)18(13-20,14-21)12-4-7-15-5-2-1-3-6-15/h1-3,5-6,8-11,20-21H,4,7,12-14H2. The van der Waals surface area contributed by atoms with E-state index >= 15 is 0 Å². The van der Waals surface area contributed by atoms with Gasteiger partial charge in [0.2, 0.25) is 0 Å². The lowest BCUT2D eigenvalue weighted by Crippen LogP contribution is -2.35. The van der Waals surface area contributed by atoms with Crippen LogP contribution in [-0.4, -0.2) is 23.4 Å². The number of aryl methyl sites for hydroxylation is 1. The van der Waals surface area contributed by atoms with Gasteiger partial charge in [0.1, 0.15) is 0 Å². The van der Waals surface area contributed by atoms with E-state index in [-0.39, 0.29) is 13.2 Å². The van der Waals surface area contributed by atoms with Crippen LogP contribution in [-0.2, 0) is 11.8 Å². The zero-order chi connectivity index (χ0) is 15.1. The molecular formula is C18H21ClO2. The van der Waals surface area contributed by atoms with Crippen molar-refractivity contribution in [3.63, 3.8) is 0 Å². The highest BCUT2D eigenvalue weighted by Crippen LogP contribution is 2.30. The molecule has 0 saturated heterocycles. The molecule has 0 atom stereocenters. The summed E-state index contributed by atoms with van der Waals surface area (Å²) in [6, 6.07) is 17.6. The SMILES string of the molecule is OCC(CO)(CCCc1ccccc1)c1ccc(Cl)cc1. The summed E-state index contributed by atoms with van der Waals surface area (Å²) < 4.78 is 0. The maximum absolute atomic E-state index is 9.80. The third-order valence-electron chi connectivity index (χ3n) is 4.03. The molecule has 0 heterocycles. The summed E-state index contributed by atoms with van der Waals surface area (Å²) in [7, 11) is 0. The van der Waals surface area contributed by atoms with Crippen LogP contribution in [0.5, 0.6) is 0 Å². The zero-order valence-corrected chi connectivity index (χ0v) is 12.8. The van der Waals surface area contributed by atoms with Crippen LogP contribution in [0.25, 0.3) is 0 Å². The molecule has 0 unspecified atom stereocenters. The number of hydrogen-bond donors (Lipinski definition) is 2. The fourth-order valence-corrected chi connectivity index (χ4v) is 2.74. The number of halogens is 1. The lowest BCUT2D eigenvalue weighted by atomic mass is 9.77. The van der Waals surface area contributed by atoms with Crippen LogP contribution >= 0.6 is 11.6 Å². The third-order valence-corrected chi connectivity index (χ3v) is 4.28. The predicted molar refractivity (Wildman–Crippen MR) is 86.7 cm³/mol. The van der Waals surface area contributed by atoms with Gasteiger partial charge in [-0.3, -0.25) is 0 Å². The van der Waals surface area contributed by atoms with Crippen LogP contribution in [0.1, 0.15) is 24.0 Å². The van der Waals surface area contributed by atoms with Crippen molar-refractivity contribution in [2.75, 3.05) is 13.2 Å². The quantitative estimate of drug-likeness (QED) is 0.821. The van der Waals surface area contributed by atoms with E-state index in [2.05, 4.69) is 12.1 Å². The summed E-state index contributed by atoms with van der Waals surface area (Å²) in [5.41, 5.74) is 1.61. The first-order valence-electron chi connectivity index (χ1n) is 7.22. The minimum atomic E-state index is -0.598. The number of benzene rings is 2. The molecule has 0 aliphatic carbocycles. The minimum Gasteiger partial charge on any atom is -0.395 e. The molecule has 0 aromatic heterocycles. The molecule has 0 bridgehead atoms. The Labute approximate surface area is 131 Å². The van der Waals surface area contributed by atoms with E-state index < -0.39 is 5.41 Å². The van der Waals surface area contributed by atoms with Crippen LogP contribution in [0.15, 0.2) is 54.6 Å². The van der Waals surface area contributed by atoms with Crippen molar-refractivity contribution < 1.29 is 10.2 Å². The number of aliphatic hydroxyl groups excluding tert-OH is 2. The first-order valence-corrected chi connectivity index (χ1v) is 7.60. The average molecular weight is 305 g/mol. The summed E-state index contributed by atoms with van der Waals surface area (Å²) in [5.74, 6) is 0. The summed E-state index contributed by atoms with van der Waals surface area (Å²) in [5, 5.41) is 20.3. The number of aliphatic hydroxyl groups is 2. The van der Waals surface area contributed by atoms with Gasteiger partial charge >= 0.3 is 0 Å². The van der Waals surface area contributed by atoms with Gasteiger partial charge in [-0.1, -0.05) is 54.1 Å². The largest absolute Gasteiger partial charge is 0.395 e. The Morgan fingerprint density at radius 3 is 2.05 bits per heavy atom. The fourth-order valence-electron chi connectivity index (χ4n) is 2.61. The molecule has 21 heavy (non-hydrogen) atoms. The van der Waals surface area contributed by atoms with Gasteiger partial charge in [-0.2, -0.15) is 0 Å². The van der Waals surface area contributed by atoms with E-state index in [1.165, 1.54) is 5.56 Å². The van der Waals surface area contributed by atoms with E-state index in [9.17, 15) is 10.2 Å². The van der Waals surface area contributed by atoms with Gasteiger partial charge in [0.25, 0.3) is 0 Å². The summed E-state index contributed by atoms with van der Waals surface area (Å²) in [4.78, 5) is 0. The zero-order valence-electron chi connectivity index (χ0n) is 12.0. The van der Waals surface area contributed by atoms with Crippen molar-refractivity contribution in [3.05, 3.63) is 70.7 Å². The molecule has 2 aromatic rings. The topological polar surface area (TPSA) is 40.5 Å². The highest BCUT2D eigenvalue weighted by molar-refractivity contribution is 6.30. The summed E-state index contributed by atoms with van der Waals surface area (Å²) in [6.45, 7) is -0.139. The van der Waals surface area contributed by atoms with Crippen LogP contribution in [0.3, 0.4) is 0 Å². The lowest BCUT2D eigenvalue weighted by Gasteiger charge is -2.30. The Bertz CT molecular complexity index is 533. The van der Waals surface area contributed by atoms with Crippen molar-refractivity contribution in [3.8, 4) is 0 Å². The first-order chi connectivity index (χ1) is 10.2. The van der Waals surface area contributed by atoms with Gasteiger partial charge in [0.15, 0.2) is 0 Å². The van der Waals surface area contributed by atoms with E-state index in [4.69, 9.17) is 11.6 Å². The fraction of sp³-hybridized carbons (Fsp3) is 0.333. The van der Waals surface area contributed by atoms with E-state index in [0.29, 0.717) is 5.02 Å². The second kappa shape index (κ2) is 7.60. The lowest BCUT2D eigenvalue weighted by molar-refractivity contribution is 0.108. The van der Waals surface area contributed by atoms with Crippen LogP contribution in [0.2, 0.25) is 5.02 Å². The maximum atomic E-state index is 9.80. The predicted octanol–water partition coefficient (Wildman–Crippen LogP) is 3.59.